The number of carbonyl (C=O) groups is 2. The lowest BCUT2D eigenvalue weighted by Crippen LogP contribution is -2.47. The van der Waals surface area contributed by atoms with Gasteiger partial charge in [-0.25, -0.2) is 4.39 Å². The zero-order valence-corrected chi connectivity index (χ0v) is 16.7. The lowest BCUT2D eigenvalue weighted by molar-refractivity contribution is -0.136. The van der Waals surface area contributed by atoms with E-state index in [0.717, 1.165) is 30.2 Å². The highest BCUT2D eigenvalue weighted by atomic mass is 35.5. The van der Waals surface area contributed by atoms with E-state index in [9.17, 15) is 14.0 Å². The number of methoxy groups -OCH3 is 1. The molecule has 1 saturated heterocycles. The third kappa shape index (κ3) is 5.05. The van der Waals surface area contributed by atoms with Crippen molar-refractivity contribution in [1.29, 1.82) is 0 Å². The van der Waals surface area contributed by atoms with Gasteiger partial charge in [0.1, 0.15) is 11.6 Å². The number of anilines is 1. The first-order valence-electron chi connectivity index (χ1n) is 9.20. The molecule has 154 valence electrons. The fourth-order valence-electron chi connectivity index (χ4n) is 3.37. The number of hydrogen-bond donors (Lipinski definition) is 2. The number of halogens is 2. The highest BCUT2D eigenvalue weighted by Crippen LogP contribution is 2.35. The molecule has 0 aromatic heterocycles. The summed E-state index contributed by atoms with van der Waals surface area (Å²) in [6.45, 7) is 1.43. The van der Waals surface area contributed by atoms with E-state index in [1.807, 2.05) is 24.3 Å². The molecule has 3 rings (SSSR count). The zero-order valence-electron chi connectivity index (χ0n) is 16.0. The Morgan fingerprint density at radius 1 is 1.14 bits per heavy atom. The minimum atomic E-state index is -0.843. The van der Waals surface area contributed by atoms with Crippen molar-refractivity contribution in [3.8, 4) is 5.75 Å². The van der Waals surface area contributed by atoms with Crippen molar-refractivity contribution in [3.63, 3.8) is 0 Å². The monoisotopic (exact) mass is 420 g/mol. The first-order valence-corrected chi connectivity index (χ1v) is 9.58. The van der Waals surface area contributed by atoms with Gasteiger partial charge in [0.2, 0.25) is 0 Å². The fraction of sp³-hybridized carbons (Fsp3) is 0.333. The van der Waals surface area contributed by atoms with E-state index in [0.29, 0.717) is 19.8 Å². The molecule has 1 aliphatic rings. The predicted octanol–water partition coefficient (Wildman–Crippen LogP) is 3.29. The van der Waals surface area contributed by atoms with Gasteiger partial charge in [-0.15, -0.1) is 0 Å². The molecule has 0 bridgehead atoms. The summed E-state index contributed by atoms with van der Waals surface area (Å²) < 4.78 is 23.9. The van der Waals surface area contributed by atoms with E-state index in [1.54, 1.807) is 7.11 Å². The van der Waals surface area contributed by atoms with Crippen LogP contribution in [0.4, 0.5) is 10.1 Å². The molecule has 8 heteroatoms. The molecule has 0 atom stereocenters. The molecular weight excluding hydrogens is 399 g/mol. The van der Waals surface area contributed by atoms with Crippen molar-refractivity contribution >= 4 is 29.1 Å². The van der Waals surface area contributed by atoms with E-state index >= 15 is 0 Å². The molecule has 2 amide bonds. The fourth-order valence-corrected chi connectivity index (χ4v) is 3.55. The van der Waals surface area contributed by atoms with E-state index in [1.165, 1.54) is 12.1 Å². The van der Waals surface area contributed by atoms with Gasteiger partial charge in [-0.1, -0.05) is 23.7 Å². The van der Waals surface area contributed by atoms with Crippen LogP contribution in [0.5, 0.6) is 5.75 Å². The van der Waals surface area contributed by atoms with Gasteiger partial charge in [0.05, 0.1) is 12.1 Å². The van der Waals surface area contributed by atoms with Crippen LogP contribution < -0.4 is 15.4 Å². The molecule has 0 aliphatic carbocycles. The summed E-state index contributed by atoms with van der Waals surface area (Å²) in [6.07, 6.45) is 1.43. The second kappa shape index (κ2) is 9.24. The number of rotatable bonds is 5. The van der Waals surface area contributed by atoms with Gasteiger partial charge in [-0.2, -0.15) is 0 Å². The lowest BCUT2D eigenvalue weighted by atomic mass is 9.74. The first kappa shape index (κ1) is 21.1. The molecule has 0 saturated carbocycles. The van der Waals surface area contributed by atoms with Crippen molar-refractivity contribution in [3.05, 3.63) is 58.9 Å². The molecule has 2 aromatic rings. The maximum atomic E-state index is 13.2. The highest BCUT2D eigenvalue weighted by molar-refractivity contribution is 6.39. The van der Waals surface area contributed by atoms with Gasteiger partial charge in [-0.3, -0.25) is 9.59 Å². The second-order valence-electron chi connectivity index (χ2n) is 6.89. The van der Waals surface area contributed by atoms with Crippen molar-refractivity contribution in [2.24, 2.45) is 0 Å². The second-order valence-corrected chi connectivity index (χ2v) is 7.29. The maximum Gasteiger partial charge on any atom is 0.313 e. The Hall–Kier alpha value is -2.64. The van der Waals surface area contributed by atoms with E-state index in [4.69, 9.17) is 21.1 Å². The summed E-state index contributed by atoms with van der Waals surface area (Å²) >= 11 is 5.70. The number of hydrogen-bond acceptors (Lipinski definition) is 4. The van der Waals surface area contributed by atoms with Crippen molar-refractivity contribution < 1.29 is 23.5 Å². The van der Waals surface area contributed by atoms with Crippen molar-refractivity contribution in [2.45, 2.75) is 18.3 Å². The summed E-state index contributed by atoms with van der Waals surface area (Å²) in [5.41, 5.74) is 0.958. The third-order valence-corrected chi connectivity index (χ3v) is 5.41. The Balaban J connectivity index is 1.67. The van der Waals surface area contributed by atoms with Crippen LogP contribution in [-0.2, 0) is 19.7 Å². The van der Waals surface area contributed by atoms with Gasteiger partial charge in [0.25, 0.3) is 0 Å². The average Bonchev–Trinajstić information content (AvgIpc) is 2.75. The van der Waals surface area contributed by atoms with Crippen LogP contribution in [0.15, 0.2) is 42.5 Å². The Kier molecular flexibility index (Phi) is 6.71. The topological polar surface area (TPSA) is 76.7 Å². The lowest BCUT2D eigenvalue weighted by Gasteiger charge is -2.38. The smallest absolute Gasteiger partial charge is 0.313 e. The van der Waals surface area contributed by atoms with Crippen LogP contribution in [0.3, 0.4) is 0 Å². The van der Waals surface area contributed by atoms with Crippen molar-refractivity contribution in [2.75, 3.05) is 32.2 Å². The summed E-state index contributed by atoms with van der Waals surface area (Å²) in [4.78, 5) is 24.5. The molecule has 1 fully saturated rings. The Morgan fingerprint density at radius 3 is 2.45 bits per heavy atom. The van der Waals surface area contributed by atoms with Crippen molar-refractivity contribution in [1.82, 2.24) is 5.32 Å². The molecule has 2 N–H and O–H groups in total. The van der Waals surface area contributed by atoms with Crippen LogP contribution in [0.1, 0.15) is 18.4 Å². The van der Waals surface area contributed by atoms with Crippen LogP contribution in [0, 0.1) is 5.82 Å². The maximum absolute atomic E-state index is 13.2. The quantitative estimate of drug-likeness (QED) is 0.728. The molecule has 0 unspecified atom stereocenters. The molecular formula is C21H22ClFN2O4. The minimum Gasteiger partial charge on any atom is -0.497 e. The summed E-state index contributed by atoms with van der Waals surface area (Å²) in [7, 11) is 1.60. The number of carbonyl (C=O) groups excluding carboxylic acids is 2. The molecule has 2 aromatic carbocycles. The summed E-state index contributed by atoms with van der Waals surface area (Å²) in [5, 5.41) is 5.01. The third-order valence-electron chi connectivity index (χ3n) is 5.12. The SMILES string of the molecule is COc1ccc(C2(CNC(=O)C(=O)Nc3ccc(F)c(Cl)c3)CCOCC2)cc1. The van der Waals surface area contributed by atoms with Gasteiger partial charge >= 0.3 is 11.8 Å². The van der Waals surface area contributed by atoms with Gasteiger partial charge in [0.15, 0.2) is 0 Å². The van der Waals surface area contributed by atoms with Crippen LogP contribution in [0.25, 0.3) is 0 Å². The predicted molar refractivity (Wildman–Crippen MR) is 108 cm³/mol. The number of benzene rings is 2. The van der Waals surface area contributed by atoms with Crippen LogP contribution >= 0.6 is 11.6 Å². The molecule has 1 aliphatic heterocycles. The molecule has 1 heterocycles. The summed E-state index contributed by atoms with van der Waals surface area (Å²) in [6, 6.07) is 11.4. The standard InChI is InChI=1S/C21H22ClFN2O4/c1-28-16-5-2-14(3-6-16)21(8-10-29-11-9-21)13-24-19(26)20(27)25-15-4-7-18(23)17(22)12-15/h2-7,12H,8-11,13H2,1H3,(H,24,26)(H,25,27). The Bertz CT molecular complexity index is 883. The molecule has 6 nitrogen and oxygen atoms in total. The minimum absolute atomic E-state index is 0.135. The van der Waals surface area contributed by atoms with Crippen LogP contribution in [0.2, 0.25) is 5.02 Å². The Labute approximate surface area is 173 Å². The largest absolute Gasteiger partial charge is 0.497 e. The van der Waals surface area contributed by atoms with Crippen LogP contribution in [-0.4, -0.2) is 38.7 Å². The molecule has 29 heavy (non-hydrogen) atoms. The van der Waals surface area contributed by atoms with Gasteiger partial charge < -0.3 is 20.1 Å². The van der Waals surface area contributed by atoms with Gasteiger partial charge in [-0.05, 0) is 48.7 Å². The molecule has 0 spiro atoms. The van der Waals surface area contributed by atoms with E-state index in [-0.39, 0.29) is 16.1 Å². The normalized spacial score (nSPS) is 15.4. The summed E-state index contributed by atoms with van der Waals surface area (Å²) in [5.74, 6) is -1.47. The Morgan fingerprint density at radius 2 is 1.83 bits per heavy atom. The van der Waals surface area contributed by atoms with E-state index in [2.05, 4.69) is 10.6 Å². The van der Waals surface area contributed by atoms with E-state index < -0.39 is 17.6 Å². The number of amides is 2. The van der Waals surface area contributed by atoms with Gasteiger partial charge in [0, 0.05) is 30.9 Å². The number of nitrogens with one attached hydrogen (secondary N) is 2. The zero-order chi connectivity index (χ0) is 20.9. The average molecular weight is 421 g/mol. The highest BCUT2D eigenvalue weighted by Gasteiger charge is 2.35. The number of ether oxygens (including phenoxy) is 2. The molecule has 0 radical (unpaired) electrons. The first-order chi connectivity index (χ1) is 13.9.